The molecule has 0 aromatic heterocycles. The van der Waals surface area contributed by atoms with Gasteiger partial charge in [-0.15, -0.1) is 0 Å². The van der Waals surface area contributed by atoms with Gasteiger partial charge < -0.3 is 0 Å². The minimum atomic E-state index is -5.07. The minimum absolute atomic E-state index is 0.0483. The summed E-state index contributed by atoms with van der Waals surface area (Å²) in [5, 5.41) is 0. The van der Waals surface area contributed by atoms with E-state index in [1.165, 1.54) is 18.2 Å². The molecule has 0 radical (unpaired) electrons. The Labute approximate surface area is 336 Å². The topological polar surface area (TPSA) is 0 Å². The van der Waals surface area contributed by atoms with Crippen molar-refractivity contribution in [1.82, 2.24) is 0 Å². The fourth-order valence-corrected chi connectivity index (χ4v) is 7.11. The highest BCUT2D eigenvalue weighted by Gasteiger charge is 2.37. The molecule has 7 aromatic rings. The van der Waals surface area contributed by atoms with E-state index in [4.69, 9.17) is 0 Å². The predicted octanol–water partition coefficient (Wildman–Crippen LogP) is 16.4. The van der Waals surface area contributed by atoms with Crippen molar-refractivity contribution >= 4 is 0 Å². The molecule has 0 unspecified atom stereocenters. The molecule has 0 nitrogen and oxygen atoms in total. The Kier molecular flexibility index (Phi) is 10.7. The third-order valence-corrected chi connectivity index (χ3v) is 9.92. The zero-order chi connectivity index (χ0) is 43.4. The fraction of sp³-hybridized carbons (Fsp3) is 0.125. The smallest absolute Gasteiger partial charge is 0.166 e. The zero-order valence-electron chi connectivity index (χ0n) is 31.4. The Morgan fingerprint density at radius 3 is 0.683 bits per heavy atom. The lowest BCUT2D eigenvalue weighted by atomic mass is 9.90. The Morgan fingerprint density at radius 1 is 0.233 bits per heavy atom. The van der Waals surface area contributed by atoms with Crippen LogP contribution in [0.5, 0.6) is 0 Å². The van der Waals surface area contributed by atoms with Gasteiger partial charge in [0.15, 0.2) is 0 Å². The molecule has 0 aliphatic heterocycles. The molecule has 0 saturated carbocycles. The van der Waals surface area contributed by atoms with Crippen molar-refractivity contribution in [2.24, 2.45) is 0 Å². The van der Waals surface area contributed by atoms with E-state index in [0.29, 0.717) is 78.9 Å². The van der Waals surface area contributed by atoms with Crippen LogP contribution in [0.15, 0.2) is 146 Å². The molecule has 60 heavy (non-hydrogen) atoms. The molecule has 0 atom stereocenters. The van der Waals surface area contributed by atoms with Crippen molar-refractivity contribution in [3.05, 3.63) is 179 Å². The van der Waals surface area contributed by atoms with Crippen molar-refractivity contribution < 1.29 is 52.7 Å². The number of halogens is 12. The molecule has 0 amide bonds. The first kappa shape index (κ1) is 41.8. The molecule has 12 heteroatoms. The molecule has 0 fully saturated rings. The molecule has 0 heterocycles. The summed E-state index contributed by atoms with van der Waals surface area (Å²) in [6.07, 6.45) is -19.3. The highest BCUT2D eigenvalue weighted by Crippen LogP contribution is 2.42. The largest absolute Gasteiger partial charge is 0.416 e. The van der Waals surface area contributed by atoms with Crippen LogP contribution < -0.4 is 0 Å². The van der Waals surface area contributed by atoms with Gasteiger partial charge in [0, 0.05) is 0 Å². The van der Waals surface area contributed by atoms with E-state index in [1.807, 2.05) is 0 Å². The standard InChI is InChI=1S/C48H30F12/c1-27-12-35(22-41(14-27)45(49,50)51)29-6-3-8-31(16-29)37-19-38(32-9-4-7-30(17-32)36-13-28(2)15-42(23-36)46(52,53)54)21-39(20-37)33-10-5-11-34(18-33)40-24-43(47(55,56)57)26-44(25-40)48(58,59)60/h3-26H,1-2H3. The van der Waals surface area contributed by atoms with Crippen molar-refractivity contribution in [2.75, 3.05) is 0 Å². The Bertz CT molecular complexity index is 2570. The average molecular weight is 835 g/mol. The molecule has 7 aromatic carbocycles. The second-order valence-electron chi connectivity index (χ2n) is 14.5. The van der Waals surface area contributed by atoms with E-state index >= 15 is 0 Å². The van der Waals surface area contributed by atoms with Crippen LogP contribution >= 0.6 is 0 Å². The van der Waals surface area contributed by atoms with Gasteiger partial charge in [-0.2, -0.15) is 52.7 Å². The summed E-state index contributed by atoms with van der Waals surface area (Å²) in [6.45, 7) is 3.09. The van der Waals surface area contributed by atoms with Gasteiger partial charge in [0.1, 0.15) is 0 Å². The lowest BCUT2D eigenvalue weighted by Gasteiger charge is -2.16. The van der Waals surface area contributed by atoms with Crippen molar-refractivity contribution in [3.8, 4) is 66.8 Å². The van der Waals surface area contributed by atoms with E-state index in [9.17, 15) is 52.7 Å². The quantitative estimate of drug-likeness (QED) is 0.146. The van der Waals surface area contributed by atoms with Gasteiger partial charge in [-0.1, -0.05) is 66.7 Å². The molecular formula is C48H30F12. The predicted molar refractivity (Wildman–Crippen MR) is 209 cm³/mol. The summed E-state index contributed by atoms with van der Waals surface area (Å²) in [6, 6.07) is 33.3. The molecule has 0 aliphatic carbocycles. The van der Waals surface area contributed by atoms with Gasteiger partial charge in [-0.25, -0.2) is 0 Å². The summed E-state index contributed by atoms with van der Waals surface area (Å²) in [5.41, 5.74) is 0.458. The summed E-state index contributed by atoms with van der Waals surface area (Å²) >= 11 is 0. The van der Waals surface area contributed by atoms with Gasteiger partial charge in [0.25, 0.3) is 0 Å². The first-order chi connectivity index (χ1) is 28.0. The number of alkyl halides is 12. The highest BCUT2D eigenvalue weighted by atomic mass is 19.4. The highest BCUT2D eigenvalue weighted by molar-refractivity contribution is 5.85. The Hall–Kier alpha value is -6.30. The molecule has 0 saturated heterocycles. The second-order valence-corrected chi connectivity index (χ2v) is 14.5. The molecule has 0 bridgehead atoms. The fourth-order valence-electron chi connectivity index (χ4n) is 7.11. The lowest BCUT2D eigenvalue weighted by Crippen LogP contribution is -2.11. The second kappa shape index (κ2) is 15.4. The molecular weight excluding hydrogens is 805 g/mol. The lowest BCUT2D eigenvalue weighted by molar-refractivity contribution is -0.143. The maximum atomic E-state index is 13.8. The summed E-state index contributed by atoms with van der Waals surface area (Å²) < 4.78 is 165. The molecule has 306 valence electrons. The van der Waals surface area contributed by atoms with Crippen molar-refractivity contribution in [1.29, 1.82) is 0 Å². The number of benzene rings is 7. The number of hydrogen-bond acceptors (Lipinski definition) is 0. The molecule has 0 N–H and O–H groups in total. The van der Waals surface area contributed by atoms with Crippen LogP contribution in [-0.4, -0.2) is 0 Å². The normalized spacial score (nSPS) is 12.5. The van der Waals surface area contributed by atoms with Gasteiger partial charge in [-0.3, -0.25) is 0 Å². The van der Waals surface area contributed by atoms with E-state index in [1.54, 1.807) is 98.8 Å². The van der Waals surface area contributed by atoms with Gasteiger partial charge in [0.05, 0.1) is 22.3 Å². The number of hydrogen-bond donors (Lipinski definition) is 0. The van der Waals surface area contributed by atoms with Crippen LogP contribution in [0, 0.1) is 13.8 Å². The third kappa shape index (κ3) is 9.28. The molecule has 7 rings (SSSR count). The first-order valence-electron chi connectivity index (χ1n) is 18.2. The van der Waals surface area contributed by atoms with Crippen LogP contribution in [0.25, 0.3) is 66.8 Å². The van der Waals surface area contributed by atoms with Gasteiger partial charge in [-0.05, 0) is 171 Å². The summed E-state index contributed by atoms with van der Waals surface area (Å²) in [5.74, 6) is 0. The van der Waals surface area contributed by atoms with Crippen LogP contribution in [0.2, 0.25) is 0 Å². The van der Waals surface area contributed by atoms with E-state index < -0.39 is 47.0 Å². The zero-order valence-corrected chi connectivity index (χ0v) is 31.4. The maximum absolute atomic E-state index is 13.8. The van der Waals surface area contributed by atoms with Crippen molar-refractivity contribution in [3.63, 3.8) is 0 Å². The summed E-state index contributed by atoms with van der Waals surface area (Å²) in [7, 11) is 0. The maximum Gasteiger partial charge on any atom is 0.416 e. The Balaban J connectivity index is 1.40. The van der Waals surface area contributed by atoms with Crippen LogP contribution in [-0.2, 0) is 24.7 Å². The monoisotopic (exact) mass is 834 g/mol. The van der Waals surface area contributed by atoms with Gasteiger partial charge in [0.2, 0.25) is 0 Å². The van der Waals surface area contributed by atoms with Crippen LogP contribution in [0.4, 0.5) is 52.7 Å². The number of aryl methyl sites for hydroxylation is 2. The molecule has 0 aliphatic rings. The number of rotatable bonds is 6. The van der Waals surface area contributed by atoms with E-state index in [0.717, 1.165) is 24.3 Å². The minimum Gasteiger partial charge on any atom is -0.166 e. The summed E-state index contributed by atoms with van der Waals surface area (Å²) in [4.78, 5) is 0. The first-order valence-corrected chi connectivity index (χ1v) is 18.2. The van der Waals surface area contributed by atoms with Crippen molar-refractivity contribution in [2.45, 2.75) is 38.6 Å². The van der Waals surface area contributed by atoms with Crippen LogP contribution in [0.3, 0.4) is 0 Å². The molecule has 0 spiro atoms. The Morgan fingerprint density at radius 2 is 0.433 bits per heavy atom. The average Bonchev–Trinajstić information content (AvgIpc) is 3.19. The van der Waals surface area contributed by atoms with Gasteiger partial charge >= 0.3 is 24.7 Å². The SMILES string of the molecule is Cc1cc(-c2cccc(-c3cc(-c4cccc(-c5cc(C)cc(C(F)(F)F)c5)c4)cc(-c4cccc(-c5cc(C(F)(F)F)cc(C(F)(F)F)c5)c4)c3)c2)cc(C(F)(F)F)c1. The van der Waals surface area contributed by atoms with E-state index in [-0.39, 0.29) is 17.2 Å². The van der Waals surface area contributed by atoms with E-state index in [2.05, 4.69) is 0 Å². The third-order valence-electron chi connectivity index (χ3n) is 9.92. The van der Waals surface area contributed by atoms with Crippen LogP contribution in [0.1, 0.15) is 33.4 Å².